The first-order chi connectivity index (χ1) is 7.83. The number of carbonyl (C=O) groups is 1. The van der Waals surface area contributed by atoms with Gasteiger partial charge in [0.2, 0.25) is 0 Å². The highest BCUT2D eigenvalue weighted by atomic mass is 16.3. The van der Waals surface area contributed by atoms with E-state index in [9.17, 15) is 15.0 Å². The zero-order valence-corrected chi connectivity index (χ0v) is 9.69. The van der Waals surface area contributed by atoms with E-state index in [1.54, 1.807) is 13.8 Å². The van der Waals surface area contributed by atoms with Gasteiger partial charge in [-0.2, -0.15) is 0 Å². The number of Topliss-reactive ketones (excluding diaryl/α,β-unsaturated/α-hetero) is 1. The van der Waals surface area contributed by atoms with Gasteiger partial charge in [0, 0.05) is 17.4 Å². The normalized spacial score (nSPS) is 18.8. The van der Waals surface area contributed by atoms with Crippen LogP contribution >= 0.6 is 0 Å². The summed E-state index contributed by atoms with van der Waals surface area (Å²) in [5.41, 5.74) is 5.05. The lowest BCUT2D eigenvalue weighted by Gasteiger charge is -2.21. The van der Waals surface area contributed by atoms with Gasteiger partial charge in [0.05, 0.1) is 0 Å². The summed E-state index contributed by atoms with van der Waals surface area (Å²) in [6, 6.07) is 3.02. The van der Waals surface area contributed by atoms with Crippen LogP contribution < -0.4 is 5.73 Å². The van der Waals surface area contributed by atoms with Crippen LogP contribution in [0.15, 0.2) is 17.9 Å². The number of pyridine rings is 1. The molecule has 0 saturated heterocycles. The second-order valence-corrected chi connectivity index (χ2v) is 4.81. The maximum atomic E-state index is 12.0. The number of nitrogens with two attached hydrogens (primary N) is 1. The fourth-order valence-corrected chi connectivity index (χ4v) is 1.89. The van der Waals surface area contributed by atoms with Crippen LogP contribution in [-0.2, 0) is 0 Å². The molecule has 0 saturated carbocycles. The number of aromatic nitrogens is 1. The Morgan fingerprint density at radius 3 is 2.65 bits per heavy atom. The van der Waals surface area contributed by atoms with E-state index >= 15 is 0 Å². The molecular formula is C12H14N2O3. The number of carbonyl (C=O) groups excluding carboxylic acids is 1. The molecule has 1 aromatic heterocycles. The van der Waals surface area contributed by atoms with E-state index < -0.39 is 5.41 Å². The summed E-state index contributed by atoms with van der Waals surface area (Å²) in [4.78, 5) is 15.9. The van der Waals surface area contributed by atoms with Crippen LogP contribution in [0.4, 0.5) is 5.82 Å². The lowest BCUT2D eigenvalue weighted by Crippen LogP contribution is -2.18. The molecule has 5 nitrogen and oxygen atoms in total. The molecule has 1 aliphatic rings. The highest BCUT2D eigenvalue weighted by molar-refractivity contribution is 6.01. The summed E-state index contributed by atoms with van der Waals surface area (Å²) in [6.07, 6.45) is 0.113. The number of aliphatic hydroxyl groups excluding tert-OH is 2. The van der Waals surface area contributed by atoms with Gasteiger partial charge in [-0.25, -0.2) is 4.98 Å². The molecule has 0 atom stereocenters. The van der Waals surface area contributed by atoms with Crippen LogP contribution in [0.1, 0.15) is 36.3 Å². The van der Waals surface area contributed by atoms with E-state index in [1.165, 1.54) is 12.1 Å². The Kier molecular flexibility index (Phi) is 2.34. The van der Waals surface area contributed by atoms with Crippen molar-refractivity contribution in [2.24, 2.45) is 5.41 Å². The molecule has 0 fully saturated rings. The van der Waals surface area contributed by atoms with Crippen molar-refractivity contribution in [3.63, 3.8) is 0 Å². The highest BCUT2D eigenvalue weighted by Crippen LogP contribution is 2.38. The Labute approximate surface area is 98.6 Å². The van der Waals surface area contributed by atoms with Gasteiger partial charge in [-0.3, -0.25) is 4.79 Å². The lowest BCUT2D eigenvalue weighted by atomic mass is 9.85. The Bertz CT molecular complexity index is 533. The van der Waals surface area contributed by atoms with E-state index in [4.69, 9.17) is 5.73 Å². The van der Waals surface area contributed by atoms with E-state index in [0.717, 1.165) is 0 Å². The Morgan fingerprint density at radius 2 is 2.00 bits per heavy atom. The number of hydrogen-bond donors (Lipinski definition) is 3. The molecule has 0 unspecified atom stereocenters. The predicted octanol–water partition coefficient (Wildman–Crippen LogP) is 2.06. The van der Waals surface area contributed by atoms with Crippen molar-refractivity contribution in [3.05, 3.63) is 29.1 Å². The molecule has 0 radical (unpaired) electrons. The third-order valence-corrected chi connectivity index (χ3v) is 2.91. The van der Waals surface area contributed by atoms with Crippen LogP contribution in [0.2, 0.25) is 0 Å². The van der Waals surface area contributed by atoms with Gasteiger partial charge in [-0.1, -0.05) is 13.8 Å². The molecule has 5 heteroatoms. The summed E-state index contributed by atoms with van der Waals surface area (Å²) in [7, 11) is 0. The van der Waals surface area contributed by atoms with E-state index in [1.807, 2.05) is 0 Å². The molecule has 0 aliphatic heterocycles. The van der Waals surface area contributed by atoms with Crippen molar-refractivity contribution < 1.29 is 15.0 Å². The van der Waals surface area contributed by atoms with Crippen molar-refractivity contribution in [2.45, 2.75) is 20.3 Å². The van der Waals surface area contributed by atoms with E-state index in [2.05, 4.69) is 4.98 Å². The molecule has 1 aromatic rings. The minimum atomic E-state index is -0.809. The molecule has 0 amide bonds. The first-order valence-electron chi connectivity index (χ1n) is 5.26. The number of anilines is 1. The van der Waals surface area contributed by atoms with Gasteiger partial charge in [-0.05, 0) is 12.1 Å². The second kappa shape index (κ2) is 3.48. The van der Waals surface area contributed by atoms with Gasteiger partial charge in [0.25, 0.3) is 0 Å². The lowest BCUT2D eigenvalue weighted by molar-refractivity contribution is 0.0926. The number of aliphatic hydroxyl groups is 2. The molecule has 90 valence electrons. The third kappa shape index (κ3) is 1.73. The van der Waals surface area contributed by atoms with Crippen LogP contribution in [0.5, 0.6) is 0 Å². The molecule has 4 N–H and O–H groups in total. The zero-order valence-electron chi connectivity index (χ0n) is 9.69. The number of fused-ring (bicyclic) bond motifs is 1. The standard InChI is InChI=1S/C12H14N2O3/c1-12(2)5-7(15)6-3-4-8(13)14-9(6)10(16)11(12)17/h3-4,16-17H,5H2,1-2H3,(H2,13,14). The first kappa shape index (κ1) is 11.4. The largest absolute Gasteiger partial charge is 0.508 e. The van der Waals surface area contributed by atoms with Crippen LogP contribution in [0, 0.1) is 5.41 Å². The number of rotatable bonds is 0. The van der Waals surface area contributed by atoms with Crippen LogP contribution in [-0.4, -0.2) is 21.0 Å². The van der Waals surface area contributed by atoms with Gasteiger partial charge in [0.1, 0.15) is 17.3 Å². The third-order valence-electron chi connectivity index (χ3n) is 2.91. The van der Waals surface area contributed by atoms with Crippen molar-refractivity contribution in [2.75, 3.05) is 5.73 Å². The van der Waals surface area contributed by atoms with Gasteiger partial charge < -0.3 is 15.9 Å². The second-order valence-electron chi connectivity index (χ2n) is 4.81. The fraction of sp³-hybridized carbons (Fsp3) is 0.333. The average molecular weight is 234 g/mol. The first-order valence-corrected chi connectivity index (χ1v) is 5.26. The van der Waals surface area contributed by atoms with Crippen molar-refractivity contribution in [1.82, 2.24) is 4.98 Å². The number of hydrogen-bond acceptors (Lipinski definition) is 5. The SMILES string of the molecule is CC1(C)CC(=O)c2ccc(N)nc2C(O)=C1O. The highest BCUT2D eigenvalue weighted by Gasteiger charge is 2.36. The number of nitrogen functional groups attached to an aromatic ring is 1. The Morgan fingerprint density at radius 1 is 1.35 bits per heavy atom. The average Bonchev–Trinajstić information content (AvgIpc) is 2.30. The van der Waals surface area contributed by atoms with Crippen molar-refractivity contribution >= 4 is 17.4 Å². The number of allylic oxidation sites excluding steroid dienone is 1. The van der Waals surface area contributed by atoms with Gasteiger partial charge in [-0.15, -0.1) is 0 Å². The quantitative estimate of drug-likeness (QED) is 0.638. The zero-order chi connectivity index (χ0) is 12.8. The molecule has 0 spiro atoms. The fourth-order valence-electron chi connectivity index (χ4n) is 1.89. The maximum absolute atomic E-state index is 12.0. The summed E-state index contributed by atoms with van der Waals surface area (Å²) in [5.74, 6) is -0.588. The Hall–Kier alpha value is -2.04. The predicted molar refractivity (Wildman–Crippen MR) is 63.6 cm³/mol. The van der Waals surface area contributed by atoms with Crippen LogP contribution in [0.3, 0.4) is 0 Å². The molecule has 1 heterocycles. The smallest absolute Gasteiger partial charge is 0.180 e. The van der Waals surface area contributed by atoms with Crippen molar-refractivity contribution in [3.8, 4) is 0 Å². The topological polar surface area (TPSA) is 96.4 Å². The molecular weight excluding hydrogens is 220 g/mol. The molecule has 2 rings (SSSR count). The van der Waals surface area contributed by atoms with Crippen molar-refractivity contribution in [1.29, 1.82) is 0 Å². The monoisotopic (exact) mass is 234 g/mol. The van der Waals surface area contributed by atoms with Gasteiger partial charge >= 0.3 is 0 Å². The summed E-state index contributed by atoms with van der Waals surface area (Å²) < 4.78 is 0. The summed E-state index contributed by atoms with van der Waals surface area (Å²) in [6.45, 7) is 3.37. The maximum Gasteiger partial charge on any atom is 0.180 e. The number of ketones is 1. The Balaban J connectivity index is 2.74. The minimum absolute atomic E-state index is 0.0538. The summed E-state index contributed by atoms with van der Waals surface area (Å²) in [5, 5.41) is 19.9. The van der Waals surface area contributed by atoms with E-state index in [-0.39, 0.29) is 40.8 Å². The van der Waals surface area contributed by atoms with Crippen LogP contribution in [0.25, 0.3) is 5.76 Å². The summed E-state index contributed by atoms with van der Waals surface area (Å²) >= 11 is 0. The van der Waals surface area contributed by atoms with Gasteiger partial charge in [0.15, 0.2) is 11.5 Å². The molecule has 0 aromatic carbocycles. The number of nitrogens with zero attached hydrogens (tertiary/aromatic N) is 1. The molecule has 1 aliphatic carbocycles. The molecule has 0 bridgehead atoms. The van der Waals surface area contributed by atoms with E-state index in [0.29, 0.717) is 0 Å². The minimum Gasteiger partial charge on any atom is -0.508 e. The molecule has 17 heavy (non-hydrogen) atoms.